The van der Waals surface area contributed by atoms with Gasteiger partial charge in [-0.1, -0.05) is 25.3 Å². The highest BCUT2D eigenvalue weighted by atomic mass is 32.2. The van der Waals surface area contributed by atoms with Crippen LogP contribution in [-0.2, 0) is 28.5 Å². The van der Waals surface area contributed by atoms with Gasteiger partial charge in [-0.05, 0) is 109 Å². The third-order valence-corrected chi connectivity index (χ3v) is 11.6. The number of halogens is 3. The van der Waals surface area contributed by atoms with Crippen molar-refractivity contribution in [2.45, 2.75) is 127 Å². The molecule has 6 rings (SSSR count). The maximum Gasteiger partial charge on any atom is 0.417 e. The summed E-state index contributed by atoms with van der Waals surface area (Å²) >= 11 is 0. The number of rotatable bonds is 8. The fourth-order valence-corrected chi connectivity index (χ4v) is 8.62. The maximum absolute atomic E-state index is 14.4. The molecule has 1 atom stereocenters. The minimum Gasteiger partial charge on any atom is -0.481 e. The Morgan fingerprint density at radius 2 is 1.61 bits per heavy atom. The van der Waals surface area contributed by atoms with Crippen LogP contribution in [0.4, 0.5) is 13.2 Å². The lowest BCUT2D eigenvalue weighted by atomic mass is 9.57. The summed E-state index contributed by atoms with van der Waals surface area (Å²) in [7, 11) is -2.08. The van der Waals surface area contributed by atoms with Crippen LogP contribution in [0.2, 0.25) is 0 Å². The summed E-state index contributed by atoms with van der Waals surface area (Å²) in [5.41, 5.74) is -0.848. The van der Waals surface area contributed by atoms with Crippen molar-refractivity contribution in [2.75, 3.05) is 0 Å². The number of alkyl halides is 3. The molecule has 4 aliphatic carbocycles. The quantitative estimate of drug-likeness (QED) is 0.282. The monoisotopic (exact) mass is 635 g/mol. The lowest BCUT2D eigenvalue weighted by molar-refractivity contribution is -0.156. The second-order valence-corrected chi connectivity index (χ2v) is 15.5. The summed E-state index contributed by atoms with van der Waals surface area (Å²) < 4.78 is 60.8. The van der Waals surface area contributed by atoms with E-state index >= 15 is 0 Å². The van der Waals surface area contributed by atoms with E-state index in [1.54, 1.807) is 32.9 Å². The zero-order chi connectivity index (χ0) is 32.1. The molecular weight excluding hydrogens is 591 g/mol. The predicted octanol–water partition coefficient (Wildman–Crippen LogP) is 7.38. The zero-order valence-corrected chi connectivity index (χ0v) is 26.8. The van der Waals surface area contributed by atoms with Crippen LogP contribution in [0.3, 0.4) is 0 Å². The minimum atomic E-state index is -4.73. The van der Waals surface area contributed by atoms with Crippen molar-refractivity contribution < 1.29 is 32.1 Å². The smallest absolute Gasteiger partial charge is 0.417 e. The van der Waals surface area contributed by atoms with Gasteiger partial charge in [-0.3, -0.25) is 9.59 Å². The number of aromatic nitrogens is 1. The first-order valence-corrected chi connectivity index (χ1v) is 16.8. The maximum atomic E-state index is 14.4. The summed E-state index contributed by atoms with van der Waals surface area (Å²) in [4.78, 5) is 25.4. The second-order valence-electron chi connectivity index (χ2n) is 14.3. The van der Waals surface area contributed by atoms with Crippen LogP contribution >= 0.6 is 0 Å². The van der Waals surface area contributed by atoms with Gasteiger partial charge in [-0.2, -0.15) is 13.2 Å². The van der Waals surface area contributed by atoms with E-state index in [4.69, 9.17) is 0 Å². The van der Waals surface area contributed by atoms with Crippen molar-refractivity contribution >= 4 is 22.9 Å². The highest BCUT2D eigenvalue weighted by Crippen LogP contribution is 2.52. The van der Waals surface area contributed by atoms with E-state index in [2.05, 4.69) is 10.0 Å². The molecule has 11 heteroatoms. The van der Waals surface area contributed by atoms with Crippen LogP contribution in [0.5, 0.6) is 0 Å². The molecule has 3 N–H and O–H groups in total. The van der Waals surface area contributed by atoms with Gasteiger partial charge < -0.3 is 15.0 Å². The van der Waals surface area contributed by atoms with E-state index in [1.807, 2.05) is 11.5 Å². The Morgan fingerprint density at radius 3 is 2.16 bits per heavy atom. The Kier molecular flexibility index (Phi) is 8.87. The van der Waals surface area contributed by atoms with E-state index in [0.717, 1.165) is 31.7 Å². The van der Waals surface area contributed by atoms with E-state index < -0.39 is 45.2 Å². The molecule has 1 heterocycles. The number of hydrogen-bond donors (Lipinski definition) is 3. The van der Waals surface area contributed by atoms with Gasteiger partial charge in [0.05, 0.1) is 21.4 Å². The largest absolute Gasteiger partial charge is 0.481 e. The standard InChI is InChI=1S/C33H44F3N3O4S/c1-21-24(28(40)37-32-15-12-31(13-16-32,14-17-32)29(41)42)19-26(39(21)20-22-8-6-5-7-9-22)23-10-11-27(25(18-23)33(34,35)36)44(43)38-30(2,3)4/h10-11,18-19,22,38H,5-9,12-17,20H2,1-4H3,(H,37,40)(H,41,42). The van der Waals surface area contributed by atoms with Crippen LogP contribution in [0.1, 0.15) is 113 Å². The Labute approximate surface area is 260 Å². The van der Waals surface area contributed by atoms with Gasteiger partial charge in [0.15, 0.2) is 0 Å². The molecule has 2 bridgehead atoms. The molecule has 0 radical (unpaired) electrons. The SMILES string of the molecule is Cc1c(C(=O)NC23CCC(C(=O)O)(CC2)CC3)cc(-c2ccc(S(=O)NC(C)(C)C)c(C(F)(F)F)c2)n1CC1CCCCC1. The molecule has 1 unspecified atom stereocenters. The Morgan fingerprint density at radius 1 is 1.00 bits per heavy atom. The van der Waals surface area contributed by atoms with Gasteiger partial charge in [-0.25, -0.2) is 8.93 Å². The number of benzene rings is 1. The normalized spacial score (nSPS) is 25.2. The second kappa shape index (κ2) is 11.9. The van der Waals surface area contributed by atoms with E-state index in [9.17, 15) is 32.1 Å². The number of fused-ring (bicyclic) bond motifs is 3. The molecule has 7 nitrogen and oxygen atoms in total. The molecule has 44 heavy (non-hydrogen) atoms. The van der Waals surface area contributed by atoms with Crippen molar-refractivity contribution in [2.24, 2.45) is 11.3 Å². The highest BCUT2D eigenvalue weighted by molar-refractivity contribution is 7.83. The minimum absolute atomic E-state index is 0.279. The molecule has 242 valence electrons. The molecule has 1 aromatic carbocycles. The molecule has 0 spiro atoms. The number of aliphatic carboxylic acids is 1. The number of nitrogens with one attached hydrogen (secondary N) is 2. The number of hydrogen-bond acceptors (Lipinski definition) is 3. The van der Waals surface area contributed by atoms with Gasteiger partial charge in [0, 0.05) is 29.0 Å². The summed E-state index contributed by atoms with van der Waals surface area (Å²) in [5, 5.41) is 13.0. The van der Waals surface area contributed by atoms with Crippen LogP contribution in [0.15, 0.2) is 29.2 Å². The first kappa shape index (κ1) is 32.7. The van der Waals surface area contributed by atoms with E-state index in [1.165, 1.54) is 12.5 Å². The van der Waals surface area contributed by atoms with Crippen LogP contribution < -0.4 is 10.0 Å². The molecule has 4 aliphatic rings. The fourth-order valence-electron chi connectivity index (χ4n) is 7.39. The molecule has 1 aromatic heterocycles. The van der Waals surface area contributed by atoms with Gasteiger partial charge in [0.2, 0.25) is 0 Å². The Hall–Kier alpha value is -2.66. The summed E-state index contributed by atoms with van der Waals surface area (Å²) in [6.07, 6.45) is 4.04. The number of carbonyl (C=O) groups is 2. The molecule has 2 aromatic rings. The Bertz CT molecular complexity index is 1430. The first-order chi connectivity index (χ1) is 20.5. The lowest BCUT2D eigenvalue weighted by Crippen LogP contribution is -2.58. The van der Waals surface area contributed by atoms with Gasteiger partial charge in [-0.15, -0.1) is 0 Å². The van der Waals surface area contributed by atoms with Gasteiger partial charge >= 0.3 is 12.1 Å². The third-order valence-electron chi connectivity index (χ3n) is 10.0. The average Bonchev–Trinajstić information content (AvgIpc) is 3.28. The lowest BCUT2D eigenvalue weighted by Gasteiger charge is -2.51. The summed E-state index contributed by atoms with van der Waals surface area (Å²) in [6.45, 7) is 7.66. The summed E-state index contributed by atoms with van der Waals surface area (Å²) in [6, 6.07) is 5.58. The van der Waals surface area contributed by atoms with Crippen LogP contribution in [0.25, 0.3) is 11.3 Å². The number of nitrogens with zero attached hydrogens (tertiary/aromatic N) is 1. The average molecular weight is 636 g/mol. The van der Waals surface area contributed by atoms with E-state index in [-0.39, 0.29) is 10.8 Å². The number of amides is 1. The van der Waals surface area contributed by atoms with Crippen molar-refractivity contribution in [1.29, 1.82) is 0 Å². The number of carbonyl (C=O) groups excluding carboxylic acids is 1. The molecular formula is C33H44F3N3O4S. The number of carboxylic acids is 1. The first-order valence-electron chi connectivity index (χ1n) is 15.7. The molecule has 0 saturated heterocycles. The zero-order valence-electron chi connectivity index (χ0n) is 26.0. The van der Waals surface area contributed by atoms with Crippen molar-refractivity contribution in [1.82, 2.24) is 14.6 Å². The van der Waals surface area contributed by atoms with E-state index in [0.29, 0.717) is 73.5 Å². The van der Waals surface area contributed by atoms with Crippen LogP contribution in [-0.4, -0.2) is 36.8 Å². The molecule has 4 saturated carbocycles. The van der Waals surface area contributed by atoms with Crippen molar-refractivity contribution in [3.63, 3.8) is 0 Å². The Balaban J connectivity index is 1.51. The van der Waals surface area contributed by atoms with Gasteiger partial charge in [0.25, 0.3) is 5.91 Å². The van der Waals surface area contributed by atoms with Gasteiger partial charge in [0.1, 0.15) is 11.0 Å². The molecule has 1 amide bonds. The van der Waals surface area contributed by atoms with Crippen molar-refractivity contribution in [3.05, 3.63) is 41.1 Å². The molecule has 4 fully saturated rings. The predicted molar refractivity (Wildman–Crippen MR) is 163 cm³/mol. The number of carboxylic acid groups (broad SMARTS) is 1. The summed E-state index contributed by atoms with van der Waals surface area (Å²) in [5.74, 6) is -0.688. The topological polar surface area (TPSA) is 100 Å². The van der Waals surface area contributed by atoms with Crippen LogP contribution in [0, 0.1) is 18.3 Å². The highest BCUT2D eigenvalue weighted by Gasteiger charge is 2.53. The fraction of sp³-hybridized carbons (Fsp3) is 0.636. The third kappa shape index (κ3) is 6.64. The molecule has 0 aliphatic heterocycles. The van der Waals surface area contributed by atoms with Crippen molar-refractivity contribution in [3.8, 4) is 11.3 Å².